The van der Waals surface area contributed by atoms with Crippen LogP contribution in [0, 0.1) is 5.82 Å². The molecular weight excluding hydrogens is 486 g/mol. The lowest BCUT2D eigenvalue weighted by Crippen LogP contribution is -2.63. The van der Waals surface area contributed by atoms with E-state index >= 15 is 0 Å². The first-order chi connectivity index (χ1) is 15.4. The van der Waals surface area contributed by atoms with Crippen LogP contribution in [0.5, 0.6) is 5.75 Å². The Morgan fingerprint density at radius 2 is 2.06 bits per heavy atom. The molecular formula is C20H19ClF4N3O4Si. The van der Waals surface area contributed by atoms with Gasteiger partial charge in [-0.05, 0) is 37.1 Å². The van der Waals surface area contributed by atoms with E-state index in [4.69, 9.17) is 16.3 Å². The average molecular weight is 505 g/mol. The molecule has 0 aliphatic carbocycles. The van der Waals surface area contributed by atoms with Crippen LogP contribution in [-0.4, -0.2) is 46.4 Å². The first kappa shape index (κ1) is 25.1. The molecule has 1 fully saturated rings. The van der Waals surface area contributed by atoms with Gasteiger partial charge in [0.1, 0.15) is 17.3 Å². The predicted molar refractivity (Wildman–Crippen MR) is 110 cm³/mol. The second kappa shape index (κ2) is 10.1. The van der Waals surface area contributed by atoms with Gasteiger partial charge in [0.25, 0.3) is 5.91 Å². The van der Waals surface area contributed by atoms with Crippen molar-refractivity contribution in [3.05, 3.63) is 52.7 Å². The van der Waals surface area contributed by atoms with E-state index in [0.717, 1.165) is 18.2 Å². The molecule has 1 aromatic carbocycles. The van der Waals surface area contributed by atoms with E-state index in [9.17, 15) is 27.2 Å². The third-order valence-corrected chi connectivity index (χ3v) is 5.70. The zero-order chi connectivity index (χ0) is 24.2. The van der Waals surface area contributed by atoms with Crippen LogP contribution < -0.4 is 20.7 Å². The van der Waals surface area contributed by atoms with Crippen LogP contribution in [0.3, 0.4) is 0 Å². The summed E-state index contributed by atoms with van der Waals surface area (Å²) in [6.45, 7) is -0.353. The molecule has 0 spiro atoms. The van der Waals surface area contributed by atoms with Crippen molar-refractivity contribution in [2.45, 2.75) is 36.8 Å². The molecule has 2 amide bonds. The first-order valence-corrected chi connectivity index (χ1v) is 10.6. The van der Waals surface area contributed by atoms with Crippen LogP contribution >= 0.6 is 11.6 Å². The van der Waals surface area contributed by atoms with Crippen LogP contribution in [0.2, 0.25) is 5.02 Å². The van der Waals surface area contributed by atoms with Gasteiger partial charge in [0.2, 0.25) is 11.7 Å². The molecule has 7 nitrogen and oxygen atoms in total. The summed E-state index contributed by atoms with van der Waals surface area (Å²) in [6.07, 6.45) is -3.87. The van der Waals surface area contributed by atoms with Gasteiger partial charge in [-0.25, -0.2) is 4.39 Å². The molecule has 0 saturated carbocycles. The van der Waals surface area contributed by atoms with E-state index in [1.54, 1.807) is 0 Å². The summed E-state index contributed by atoms with van der Waals surface area (Å²) in [7, 11) is 3.50. The first-order valence-electron chi connectivity index (χ1n) is 9.76. The van der Waals surface area contributed by atoms with Crippen LogP contribution in [0.1, 0.15) is 24.4 Å². The number of carbonyl (C=O) groups is 2. The quantitative estimate of drug-likeness (QED) is 0.398. The highest BCUT2D eigenvalue weighted by Crippen LogP contribution is 2.30. The average Bonchev–Trinajstić information content (AvgIpc) is 3.23. The summed E-state index contributed by atoms with van der Waals surface area (Å²) in [4.78, 5) is 24.5. The number of benzene rings is 1. The second-order valence-electron chi connectivity index (χ2n) is 7.45. The molecule has 0 bridgehead atoms. The Labute approximate surface area is 194 Å². The SMILES string of the molecule is O=C(COc1ccc(Cl)c(F)c1)N[C@]1([Si])CC[C@H](C(=O)NCc2ccc(C(F)(F)F)o2)NC1. The van der Waals surface area contributed by atoms with E-state index < -0.39 is 40.8 Å². The fourth-order valence-corrected chi connectivity index (χ4v) is 3.65. The van der Waals surface area contributed by atoms with Gasteiger partial charge < -0.3 is 25.1 Å². The Morgan fingerprint density at radius 3 is 2.67 bits per heavy atom. The van der Waals surface area contributed by atoms with Crippen molar-refractivity contribution in [1.82, 2.24) is 16.0 Å². The Bertz CT molecular complexity index is 1010. The topological polar surface area (TPSA) is 92.6 Å². The minimum absolute atomic E-state index is 0.0196. The molecule has 3 N–H and O–H groups in total. The van der Waals surface area contributed by atoms with Crippen LogP contribution in [-0.2, 0) is 22.3 Å². The Balaban J connectivity index is 1.42. The number of alkyl halides is 3. The smallest absolute Gasteiger partial charge is 0.449 e. The third-order valence-electron chi connectivity index (χ3n) is 4.84. The summed E-state index contributed by atoms with van der Waals surface area (Å²) in [5.74, 6) is -2.55. The summed E-state index contributed by atoms with van der Waals surface area (Å²) < 4.78 is 61.1. The molecule has 2 heterocycles. The van der Waals surface area contributed by atoms with Gasteiger partial charge in [0, 0.05) is 17.8 Å². The number of ether oxygens (including phenoxy) is 1. The van der Waals surface area contributed by atoms with Gasteiger partial charge in [0.15, 0.2) is 6.61 Å². The standard InChI is InChI=1S/C20H19ClF4N3O4Si/c21-13-3-1-11(7-14(13)22)31-9-17(29)28-19(33)6-5-15(27-10-19)18(30)26-8-12-2-4-16(32-12)20(23,24)25/h1-4,7,15,27H,5-6,8-10H2,(H,26,30)(H,28,29)/t15-,19+/m1/s1. The lowest BCUT2D eigenvalue weighted by Gasteiger charge is -2.38. The molecule has 2 aromatic rings. The zero-order valence-corrected chi connectivity index (χ0v) is 18.8. The van der Waals surface area contributed by atoms with E-state index in [1.807, 2.05) is 0 Å². The number of piperidine rings is 1. The normalized spacial score (nSPS) is 20.8. The number of furan rings is 1. The van der Waals surface area contributed by atoms with E-state index in [2.05, 4.69) is 30.6 Å². The fraction of sp³-hybridized carbons (Fsp3) is 0.400. The monoisotopic (exact) mass is 504 g/mol. The number of carbonyl (C=O) groups excluding carboxylic acids is 2. The predicted octanol–water partition coefficient (Wildman–Crippen LogP) is 2.52. The largest absolute Gasteiger partial charge is 0.484 e. The van der Waals surface area contributed by atoms with Crippen molar-refractivity contribution in [3.63, 3.8) is 0 Å². The lowest BCUT2D eigenvalue weighted by atomic mass is 9.99. The van der Waals surface area contributed by atoms with E-state index in [1.165, 1.54) is 12.1 Å². The Hall–Kier alpha value is -2.57. The summed E-state index contributed by atoms with van der Waals surface area (Å²) >= 11 is 5.60. The molecule has 3 rings (SSSR count). The van der Waals surface area contributed by atoms with Crippen molar-refractivity contribution < 1.29 is 36.3 Å². The van der Waals surface area contributed by atoms with Crippen molar-refractivity contribution in [2.24, 2.45) is 0 Å². The summed E-state index contributed by atoms with van der Waals surface area (Å²) in [6, 6.07) is 5.16. The maximum atomic E-state index is 13.4. The molecule has 1 saturated heterocycles. The third kappa shape index (κ3) is 6.95. The molecule has 1 aliphatic heterocycles. The molecule has 177 valence electrons. The van der Waals surface area contributed by atoms with Gasteiger partial charge in [-0.1, -0.05) is 11.6 Å². The van der Waals surface area contributed by atoms with Crippen LogP contribution in [0.4, 0.5) is 17.6 Å². The molecule has 0 unspecified atom stereocenters. The maximum Gasteiger partial charge on any atom is 0.449 e. The maximum absolute atomic E-state index is 13.4. The molecule has 33 heavy (non-hydrogen) atoms. The van der Waals surface area contributed by atoms with Crippen molar-refractivity contribution in [1.29, 1.82) is 0 Å². The lowest BCUT2D eigenvalue weighted by molar-refractivity contribution is -0.153. The Morgan fingerprint density at radius 1 is 1.30 bits per heavy atom. The molecule has 3 radical (unpaired) electrons. The van der Waals surface area contributed by atoms with Crippen molar-refractivity contribution >= 4 is 33.7 Å². The number of rotatable bonds is 7. The van der Waals surface area contributed by atoms with Gasteiger partial charge >= 0.3 is 6.18 Å². The zero-order valence-electron chi connectivity index (χ0n) is 17.0. The van der Waals surface area contributed by atoms with Gasteiger partial charge in [-0.15, -0.1) is 0 Å². The van der Waals surface area contributed by atoms with Crippen molar-refractivity contribution in [2.75, 3.05) is 13.2 Å². The summed E-state index contributed by atoms with van der Waals surface area (Å²) in [5, 5.41) is 7.34. The van der Waals surface area contributed by atoms with Gasteiger partial charge in [-0.2, -0.15) is 13.2 Å². The second-order valence-corrected chi connectivity index (χ2v) is 8.81. The summed E-state index contributed by atoms with van der Waals surface area (Å²) in [5.41, 5.74) is 0. The highest BCUT2D eigenvalue weighted by Gasteiger charge is 2.36. The number of nitrogens with one attached hydrogen (secondary N) is 3. The van der Waals surface area contributed by atoms with Crippen LogP contribution in [0.15, 0.2) is 34.7 Å². The number of hydrogen-bond donors (Lipinski definition) is 3. The molecule has 1 aliphatic rings. The minimum atomic E-state index is -4.59. The molecule has 2 atom stereocenters. The number of amides is 2. The molecule has 13 heteroatoms. The van der Waals surface area contributed by atoms with Gasteiger partial charge in [0.05, 0.1) is 27.9 Å². The highest BCUT2D eigenvalue weighted by atomic mass is 35.5. The van der Waals surface area contributed by atoms with Crippen LogP contribution in [0.25, 0.3) is 0 Å². The fourth-order valence-electron chi connectivity index (χ4n) is 3.15. The minimum Gasteiger partial charge on any atom is -0.484 e. The number of halogens is 5. The van der Waals surface area contributed by atoms with E-state index in [0.29, 0.717) is 12.8 Å². The molecule has 1 aromatic heterocycles. The van der Waals surface area contributed by atoms with Crippen molar-refractivity contribution in [3.8, 4) is 5.75 Å². The van der Waals surface area contributed by atoms with E-state index in [-0.39, 0.29) is 36.2 Å². The Kier molecular flexibility index (Phi) is 7.70. The number of hydrogen-bond acceptors (Lipinski definition) is 5. The highest BCUT2D eigenvalue weighted by molar-refractivity contribution is 6.30. The van der Waals surface area contributed by atoms with Gasteiger partial charge in [-0.3, -0.25) is 9.59 Å².